The molecule has 0 radical (unpaired) electrons. The Balaban J connectivity index is 1.91. The van der Waals surface area contributed by atoms with E-state index < -0.39 is 5.91 Å². The number of likely N-dealkylation sites (tertiary alicyclic amines) is 1. The summed E-state index contributed by atoms with van der Waals surface area (Å²) in [5.41, 5.74) is 2.76. The highest BCUT2D eigenvalue weighted by molar-refractivity contribution is 6.06. The highest BCUT2D eigenvalue weighted by Gasteiger charge is 2.23. The van der Waals surface area contributed by atoms with Gasteiger partial charge in [0.2, 0.25) is 0 Å². The Hall–Kier alpha value is -3.01. The molecule has 2 rings (SSSR count). The highest BCUT2D eigenvalue weighted by atomic mass is 16.6. The molecule has 2 N–H and O–H groups in total. The van der Waals surface area contributed by atoms with Gasteiger partial charge in [0.1, 0.15) is 11.6 Å². The fourth-order valence-corrected chi connectivity index (χ4v) is 2.87. The molecule has 0 aromatic heterocycles. The van der Waals surface area contributed by atoms with Gasteiger partial charge in [-0.2, -0.15) is 5.26 Å². The predicted octanol–water partition coefficient (Wildman–Crippen LogP) is 2.86. The zero-order valence-electron chi connectivity index (χ0n) is 16.0. The van der Waals surface area contributed by atoms with Crippen LogP contribution in [0.25, 0.3) is 0 Å². The molecule has 7 nitrogen and oxygen atoms in total. The molecule has 0 unspecified atom stereocenters. The number of carbonyl (C=O) groups is 2. The maximum absolute atomic E-state index is 12.4. The van der Waals surface area contributed by atoms with E-state index in [-0.39, 0.29) is 17.7 Å². The van der Waals surface area contributed by atoms with Crippen molar-refractivity contribution in [2.75, 3.05) is 25.0 Å². The first kappa shape index (κ1) is 20.3. The van der Waals surface area contributed by atoms with Crippen LogP contribution in [-0.4, -0.2) is 42.6 Å². The molecule has 0 spiro atoms. The Morgan fingerprint density at radius 3 is 2.67 bits per heavy atom. The van der Waals surface area contributed by atoms with Gasteiger partial charge in [-0.15, -0.1) is 0 Å². The molecule has 1 fully saturated rings. The number of amides is 2. The Morgan fingerprint density at radius 1 is 1.33 bits per heavy atom. The van der Waals surface area contributed by atoms with E-state index in [0.29, 0.717) is 25.4 Å². The van der Waals surface area contributed by atoms with Crippen LogP contribution in [0, 0.1) is 25.2 Å². The van der Waals surface area contributed by atoms with Gasteiger partial charge in [-0.05, 0) is 50.8 Å². The number of aryl methyl sites for hydroxylation is 1. The number of hydrogen-bond acceptors (Lipinski definition) is 5. The van der Waals surface area contributed by atoms with Gasteiger partial charge < -0.3 is 20.3 Å². The lowest BCUT2D eigenvalue weighted by Gasteiger charge is -2.31. The summed E-state index contributed by atoms with van der Waals surface area (Å²) in [5.74, 6) is -0.442. The molecular formula is C20H26N4O3. The predicted molar refractivity (Wildman–Crippen MR) is 103 cm³/mol. The molecular weight excluding hydrogens is 344 g/mol. The zero-order valence-corrected chi connectivity index (χ0v) is 16.0. The summed E-state index contributed by atoms with van der Waals surface area (Å²) in [6.45, 7) is 7.21. The van der Waals surface area contributed by atoms with Crippen LogP contribution < -0.4 is 10.6 Å². The average molecular weight is 370 g/mol. The highest BCUT2D eigenvalue weighted by Crippen LogP contribution is 2.18. The van der Waals surface area contributed by atoms with Gasteiger partial charge >= 0.3 is 6.09 Å². The number of carbonyl (C=O) groups excluding carboxylic acids is 2. The van der Waals surface area contributed by atoms with Crippen LogP contribution in [0.1, 0.15) is 30.9 Å². The number of piperidine rings is 1. The smallest absolute Gasteiger partial charge is 0.409 e. The summed E-state index contributed by atoms with van der Waals surface area (Å²) < 4.78 is 5.00. The number of rotatable bonds is 5. The van der Waals surface area contributed by atoms with Gasteiger partial charge in [0, 0.05) is 31.0 Å². The molecule has 1 aliphatic rings. The summed E-state index contributed by atoms with van der Waals surface area (Å²) in [4.78, 5) is 25.8. The summed E-state index contributed by atoms with van der Waals surface area (Å²) in [6, 6.07) is 7.69. The van der Waals surface area contributed by atoms with E-state index in [0.717, 1.165) is 24.0 Å². The topological polar surface area (TPSA) is 94.5 Å². The van der Waals surface area contributed by atoms with Crippen molar-refractivity contribution in [1.29, 1.82) is 5.26 Å². The normalized spacial score (nSPS) is 15.0. The monoisotopic (exact) mass is 370 g/mol. The largest absolute Gasteiger partial charge is 0.450 e. The van der Waals surface area contributed by atoms with E-state index in [1.807, 2.05) is 38.1 Å². The first-order valence-electron chi connectivity index (χ1n) is 9.11. The van der Waals surface area contributed by atoms with E-state index in [1.165, 1.54) is 6.20 Å². The molecule has 0 saturated carbocycles. The second-order valence-corrected chi connectivity index (χ2v) is 6.50. The molecule has 1 aliphatic heterocycles. The fourth-order valence-electron chi connectivity index (χ4n) is 2.87. The molecule has 2 amide bonds. The van der Waals surface area contributed by atoms with E-state index >= 15 is 0 Å². The number of benzene rings is 1. The van der Waals surface area contributed by atoms with Crippen molar-refractivity contribution in [3.8, 4) is 6.07 Å². The fraction of sp³-hybridized carbons (Fsp3) is 0.450. The molecule has 1 aromatic carbocycles. The van der Waals surface area contributed by atoms with E-state index in [2.05, 4.69) is 10.6 Å². The van der Waals surface area contributed by atoms with Gasteiger partial charge in [-0.1, -0.05) is 12.1 Å². The van der Waals surface area contributed by atoms with Crippen LogP contribution in [0.3, 0.4) is 0 Å². The standard InChI is InChI=1S/C20H26N4O3/c1-4-27-20(26)24-10-8-17(9-11-24)22-13-16(12-21)19(25)23-18-7-5-6-14(2)15(18)3/h5-7,13,17,22H,4,8-11H2,1-3H3,(H,23,25)/b16-13-. The molecule has 1 aromatic rings. The van der Waals surface area contributed by atoms with Gasteiger partial charge in [0.15, 0.2) is 0 Å². The van der Waals surface area contributed by atoms with E-state index in [9.17, 15) is 14.9 Å². The number of ether oxygens (including phenoxy) is 1. The molecule has 27 heavy (non-hydrogen) atoms. The number of nitriles is 1. The van der Waals surface area contributed by atoms with Gasteiger partial charge in [-0.3, -0.25) is 4.79 Å². The van der Waals surface area contributed by atoms with Crippen LogP contribution >= 0.6 is 0 Å². The lowest BCUT2D eigenvalue weighted by atomic mass is 10.1. The molecule has 7 heteroatoms. The molecule has 144 valence electrons. The molecule has 1 heterocycles. The van der Waals surface area contributed by atoms with Crippen molar-refractivity contribution in [3.63, 3.8) is 0 Å². The molecule has 1 saturated heterocycles. The Labute approximate surface area is 160 Å². The second kappa shape index (κ2) is 9.62. The maximum atomic E-state index is 12.4. The maximum Gasteiger partial charge on any atom is 0.409 e. The molecule has 0 atom stereocenters. The van der Waals surface area contributed by atoms with Crippen LogP contribution in [0.4, 0.5) is 10.5 Å². The van der Waals surface area contributed by atoms with Crippen molar-refractivity contribution in [2.45, 2.75) is 39.7 Å². The summed E-state index contributed by atoms with van der Waals surface area (Å²) in [6.07, 6.45) is 2.63. The van der Waals surface area contributed by atoms with Crippen molar-refractivity contribution in [3.05, 3.63) is 41.1 Å². The average Bonchev–Trinajstić information content (AvgIpc) is 2.66. The number of anilines is 1. The minimum Gasteiger partial charge on any atom is -0.450 e. The van der Waals surface area contributed by atoms with Crippen molar-refractivity contribution >= 4 is 17.7 Å². The Morgan fingerprint density at radius 2 is 2.04 bits per heavy atom. The summed E-state index contributed by atoms with van der Waals surface area (Å²) >= 11 is 0. The minimum atomic E-state index is -0.442. The van der Waals surface area contributed by atoms with Gasteiger partial charge in [0.05, 0.1) is 6.61 Å². The van der Waals surface area contributed by atoms with Crippen LogP contribution in [0.15, 0.2) is 30.0 Å². The van der Waals surface area contributed by atoms with E-state index in [4.69, 9.17) is 4.74 Å². The SMILES string of the molecule is CCOC(=O)N1CCC(N/C=C(/C#N)C(=O)Nc2cccc(C)c2C)CC1. The van der Waals surface area contributed by atoms with E-state index in [1.54, 1.807) is 11.8 Å². The van der Waals surface area contributed by atoms with Crippen LogP contribution in [0.2, 0.25) is 0 Å². The Bertz CT molecular complexity index is 759. The zero-order chi connectivity index (χ0) is 19.8. The third kappa shape index (κ3) is 5.48. The van der Waals surface area contributed by atoms with Crippen molar-refractivity contribution < 1.29 is 14.3 Å². The lowest BCUT2D eigenvalue weighted by molar-refractivity contribution is -0.112. The number of nitrogens with one attached hydrogen (secondary N) is 2. The second-order valence-electron chi connectivity index (χ2n) is 6.50. The lowest BCUT2D eigenvalue weighted by Crippen LogP contribution is -2.44. The first-order chi connectivity index (χ1) is 13.0. The quantitative estimate of drug-likeness (QED) is 0.614. The minimum absolute atomic E-state index is 0.0173. The number of nitrogens with zero attached hydrogens (tertiary/aromatic N) is 2. The first-order valence-corrected chi connectivity index (χ1v) is 9.11. The number of hydrogen-bond donors (Lipinski definition) is 2. The van der Waals surface area contributed by atoms with Crippen molar-refractivity contribution in [1.82, 2.24) is 10.2 Å². The van der Waals surface area contributed by atoms with Crippen LogP contribution in [0.5, 0.6) is 0 Å². The molecule has 0 aliphatic carbocycles. The van der Waals surface area contributed by atoms with Gasteiger partial charge in [-0.25, -0.2) is 4.79 Å². The third-order valence-corrected chi connectivity index (χ3v) is 4.70. The van der Waals surface area contributed by atoms with Crippen molar-refractivity contribution in [2.24, 2.45) is 0 Å². The molecule has 0 bridgehead atoms. The summed E-state index contributed by atoms with van der Waals surface area (Å²) in [5, 5.41) is 15.2. The third-order valence-electron chi connectivity index (χ3n) is 4.70. The summed E-state index contributed by atoms with van der Waals surface area (Å²) in [7, 11) is 0. The Kier molecular flexibility index (Phi) is 7.24. The van der Waals surface area contributed by atoms with Gasteiger partial charge in [0.25, 0.3) is 5.91 Å². The van der Waals surface area contributed by atoms with Crippen LogP contribution in [-0.2, 0) is 9.53 Å².